The summed E-state index contributed by atoms with van der Waals surface area (Å²) >= 11 is 0. The van der Waals surface area contributed by atoms with Crippen LogP contribution in [0.5, 0.6) is 0 Å². The van der Waals surface area contributed by atoms with Crippen LogP contribution in [0.15, 0.2) is 24.9 Å². The predicted molar refractivity (Wildman–Crippen MR) is 92.4 cm³/mol. The van der Waals surface area contributed by atoms with Gasteiger partial charge >= 0.3 is 0 Å². The summed E-state index contributed by atoms with van der Waals surface area (Å²) in [7, 11) is 2.24. The molecule has 0 radical (unpaired) electrons. The largest absolute Gasteiger partial charge is 0.374 e. The predicted octanol–water partition coefficient (Wildman–Crippen LogP) is 3.48. The summed E-state index contributed by atoms with van der Waals surface area (Å²) in [6, 6.07) is 0. The Balaban J connectivity index is 1.45. The van der Waals surface area contributed by atoms with Crippen LogP contribution in [0.3, 0.4) is 0 Å². The molecule has 0 bridgehead atoms. The average molecular weight is 300 g/mol. The first-order chi connectivity index (χ1) is 10.6. The van der Waals surface area contributed by atoms with Gasteiger partial charge in [-0.15, -0.1) is 6.58 Å². The minimum atomic E-state index is 0.725. The summed E-state index contributed by atoms with van der Waals surface area (Å²) in [4.78, 5) is 5.12. The lowest BCUT2D eigenvalue weighted by molar-refractivity contribution is 0.158. The van der Waals surface area contributed by atoms with Gasteiger partial charge in [0.1, 0.15) is 0 Å². The van der Waals surface area contributed by atoms with Crippen molar-refractivity contribution in [1.82, 2.24) is 9.80 Å². The van der Waals surface area contributed by atoms with E-state index in [9.17, 15) is 0 Å². The van der Waals surface area contributed by atoms with Crippen LogP contribution in [0.25, 0.3) is 0 Å². The molecule has 0 aromatic rings. The van der Waals surface area contributed by atoms with Gasteiger partial charge in [0.05, 0.1) is 0 Å². The normalized spacial score (nSPS) is 45.3. The third-order valence-electron chi connectivity index (χ3n) is 7.51. The highest BCUT2D eigenvalue weighted by molar-refractivity contribution is 5.15. The Morgan fingerprint density at radius 1 is 1.05 bits per heavy atom. The minimum absolute atomic E-state index is 0.725. The second kappa shape index (κ2) is 5.40. The van der Waals surface area contributed by atoms with Gasteiger partial charge in [0.25, 0.3) is 0 Å². The molecule has 2 heteroatoms. The van der Waals surface area contributed by atoms with E-state index in [1.54, 1.807) is 0 Å². The number of nitrogens with zero attached hydrogens (tertiary/aromatic N) is 2. The summed E-state index contributed by atoms with van der Waals surface area (Å²) in [6.07, 6.45) is 6.36. The van der Waals surface area contributed by atoms with E-state index in [4.69, 9.17) is 0 Å². The highest BCUT2D eigenvalue weighted by Gasteiger charge is 2.58. The van der Waals surface area contributed by atoms with Gasteiger partial charge in [0.2, 0.25) is 0 Å². The number of allylic oxidation sites excluding steroid dienone is 2. The lowest BCUT2D eigenvalue weighted by Crippen LogP contribution is -2.34. The zero-order valence-electron chi connectivity index (χ0n) is 14.4. The van der Waals surface area contributed by atoms with Crippen LogP contribution in [-0.2, 0) is 0 Å². The Bertz CT molecular complexity index is 462. The maximum absolute atomic E-state index is 4.53. The zero-order valence-corrected chi connectivity index (χ0v) is 14.4. The third kappa shape index (κ3) is 2.26. The molecule has 0 amide bonds. The highest BCUT2D eigenvalue weighted by Crippen LogP contribution is 2.61. The monoisotopic (exact) mass is 300 g/mol. The van der Waals surface area contributed by atoms with Gasteiger partial charge in [-0.25, -0.2) is 0 Å². The van der Waals surface area contributed by atoms with Gasteiger partial charge in [-0.2, -0.15) is 0 Å². The van der Waals surface area contributed by atoms with E-state index in [1.165, 1.54) is 51.1 Å². The van der Waals surface area contributed by atoms with E-state index in [-0.39, 0.29) is 0 Å². The molecule has 0 aromatic carbocycles. The molecule has 0 spiro atoms. The number of hydrogen-bond acceptors (Lipinski definition) is 2. The molecule has 0 aromatic heterocycles. The topological polar surface area (TPSA) is 6.48 Å². The van der Waals surface area contributed by atoms with Crippen LogP contribution >= 0.6 is 0 Å². The second-order valence-electron chi connectivity index (χ2n) is 8.54. The van der Waals surface area contributed by atoms with Crippen LogP contribution < -0.4 is 0 Å². The van der Waals surface area contributed by atoms with Crippen molar-refractivity contribution in [1.29, 1.82) is 0 Å². The lowest BCUT2D eigenvalue weighted by Gasteiger charge is -2.35. The molecule has 2 aliphatic heterocycles. The van der Waals surface area contributed by atoms with E-state index < -0.39 is 0 Å². The molecule has 6 atom stereocenters. The van der Waals surface area contributed by atoms with Crippen molar-refractivity contribution in [3.05, 3.63) is 24.9 Å². The molecule has 0 N–H and O–H groups in total. The van der Waals surface area contributed by atoms with E-state index in [2.05, 4.69) is 43.0 Å². The Labute approximate surface area is 136 Å². The van der Waals surface area contributed by atoms with Gasteiger partial charge in [-0.1, -0.05) is 19.6 Å². The van der Waals surface area contributed by atoms with E-state index in [0.717, 1.165) is 41.4 Å². The number of fused-ring (bicyclic) bond motifs is 2. The molecule has 4 rings (SSSR count). The van der Waals surface area contributed by atoms with Crippen molar-refractivity contribution in [2.75, 3.05) is 33.2 Å². The molecular formula is C20H32N2. The fourth-order valence-corrected chi connectivity index (χ4v) is 5.92. The number of likely N-dealkylation sites (tertiary alicyclic amines) is 2. The summed E-state index contributed by atoms with van der Waals surface area (Å²) < 4.78 is 0. The first-order valence-electron chi connectivity index (χ1n) is 9.35. The number of piperidine rings is 1. The average Bonchev–Trinajstić information content (AvgIpc) is 3.19. The fourth-order valence-electron chi connectivity index (χ4n) is 5.92. The molecule has 4 aliphatic rings. The number of hydrogen-bond donors (Lipinski definition) is 0. The van der Waals surface area contributed by atoms with Crippen LogP contribution in [0.2, 0.25) is 0 Å². The Morgan fingerprint density at radius 2 is 1.73 bits per heavy atom. The molecule has 6 unspecified atom stereocenters. The van der Waals surface area contributed by atoms with Gasteiger partial charge < -0.3 is 9.80 Å². The molecular weight excluding hydrogens is 268 g/mol. The maximum atomic E-state index is 4.53. The van der Waals surface area contributed by atoms with Gasteiger partial charge in [-0.3, -0.25) is 0 Å². The van der Waals surface area contributed by atoms with Crippen molar-refractivity contribution < 1.29 is 0 Å². The maximum Gasteiger partial charge on any atom is 0.0212 e. The SMILES string of the molecule is C=CC1C2CC2C(C)C2CN(C(=C)C3CCN(C)CC3)CC12. The molecule has 2 saturated carbocycles. The molecule has 2 aliphatic carbocycles. The van der Waals surface area contributed by atoms with Gasteiger partial charge in [-0.05, 0) is 74.9 Å². The van der Waals surface area contributed by atoms with Crippen LogP contribution in [0, 0.1) is 41.4 Å². The smallest absolute Gasteiger partial charge is 0.0212 e. The molecule has 22 heavy (non-hydrogen) atoms. The second-order valence-corrected chi connectivity index (χ2v) is 8.54. The summed E-state index contributed by atoms with van der Waals surface area (Å²) in [5.74, 6) is 6.12. The standard InChI is InChI=1S/C20H32N2/c1-5-16-18-10-17(18)13(2)19-11-22(12-20(16)19)14(3)15-6-8-21(4)9-7-15/h5,13,15-20H,1,3,6-12H2,2,4H3. The minimum Gasteiger partial charge on any atom is -0.374 e. The summed E-state index contributed by atoms with van der Waals surface area (Å²) in [5, 5.41) is 0. The summed E-state index contributed by atoms with van der Waals surface area (Å²) in [6.45, 7) is 16.2. The van der Waals surface area contributed by atoms with E-state index in [0.29, 0.717) is 0 Å². The summed E-state index contributed by atoms with van der Waals surface area (Å²) in [5.41, 5.74) is 1.45. The molecule has 2 nitrogen and oxygen atoms in total. The van der Waals surface area contributed by atoms with Crippen molar-refractivity contribution in [2.24, 2.45) is 41.4 Å². The van der Waals surface area contributed by atoms with Gasteiger partial charge in [0.15, 0.2) is 0 Å². The number of rotatable bonds is 3. The Hall–Kier alpha value is -0.760. The quantitative estimate of drug-likeness (QED) is 0.736. The molecule has 122 valence electrons. The van der Waals surface area contributed by atoms with Crippen molar-refractivity contribution in [2.45, 2.75) is 26.2 Å². The first-order valence-corrected chi connectivity index (χ1v) is 9.35. The Morgan fingerprint density at radius 3 is 2.41 bits per heavy atom. The third-order valence-corrected chi connectivity index (χ3v) is 7.51. The van der Waals surface area contributed by atoms with Crippen LogP contribution in [-0.4, -0.2) is 43.0 Å². The lowest BCUT2D eigenvalue weighted by atomic mass is 9.69. The van der Waals surface area contributed by atoms with E-state index >= 15 is 0 Å². The molecule has 2 heterocycles. The Kier molecular flexibility index (Phi) is 3.64. The molecule has 2 saturated heterocycles. The van der Waals surface area contributed by atoms with Crippen molar-refractivity contribution in [3.63, 3.8) is 0 Å². The van der Waals surface area contributed by atoms with Crippen LogP contribution in [0.1, 0.15) is 26.2 Å². The first kappa shape index (κ1) is 14.8. The van der Waals surface area contributed by atoms with Gasteiger partial charge in [0, 0.05) is 24.7 Å². The zero-order chi connectivity index (χ0) is 15.4. The molecule has 4 fully saturated rings. The highest BCUT2D eigenvalue weighted by atomic mass is 15.2. The van der Waals surface area contributed by atoms with Crippen molar-refractivity contribution >= 4 is 0 Å². The van der Waals surface area contributed by atoms with Crippen molar-refractivity contribution in [3.8, 4) is 0 Å². The van der Waals surface area contributed by atoms with E-state index in [1.807, 2.05) is 0 Å². The van der Waals surface area contributed by atoms with Crippen LogP contribution in [0.4, 0.5) is 0 Å². The fraction of sp³-hybridized carbons (Fsp3) is 0.800.